The Morgan fingerprint density at radius 1 is 1.33 bits per heavy atom. The van der Waals surface area contributed by atoms with E-state index in [1.165, 1.54) is 14.0 Å². The summed E-state index contributed by atoms with van der Waals surface area (Å²) in [5.74, 6) is -0.117. The van der Waals surface area contributed by atoms with Gasteiger partial charge in [-0.2, -0.15) is 0 Å². The highest BCUT2D eigenvalue weighted by Gasteiger charge is 2.21. The zero-order valence-electron chi connectivity index (χ0n) is 7.88. The van der Waals surface area contributed by atoms with Gasteiger partial charge in [0.05, 0.1) is 0 Å². The SMILES string of the molecule is CNC(=O)O[C@H](C(C)=O)C(C)C. The predicted molar refractivity (Wildman–Crippen MR) is 44.8 cm³/mol. The molecule has 0 aliphatic heterocycles. The third kappa shape index (κ3) is 3.37. The van der Waals surface area contributed by atoms with Crippen molar-refractivity contribution in [2.24, 2.45) is 5.92 Å². The van der Waals surface area contributed by atoms with Crippen molar-refractivity contribution in [1.29, 1.82) is 0 Å². The lowest BCUT2D eigenvalue weighted by Gasteiger charge is -2.17. The number of carbonyl (C=O) groups excluding carboxylic acids is 2. The van der Waals surface area contributed by atoms with Crippen LogP contribution in [0.2, 0.25) is 0 Å². The van der Waals surface area contributed by atoms with E-state index in [1.54, 1.807) is 0 Å². The Bertz CT molecular complexity index is 177. The average Bonchev–Trinajstić information content (AvgIpc) is 1.98. The van der Waals surface area contributed by atoms with Crippen LogP contribution in [0, 0.1) is 5.92 Å². The number of hydrogen-bond acceptors (Lipinski definition) is 3. The molecule has 4 nitrogen and oxygen atoms in total. The first kappa shape index (κ1) is 10.9. The zero-order valence-corrected chi connectivity index (χ0v) is 7.88. The molecule has 0 aromatic rings. The zero-order chi connectivity index (χ0) is 9.72. The minimum Gasteiger partial charge on any atom is -0.438 e. The maximum Gasteiger partial charge on any atom is 0.407 e. The summed E-state index contributed by atoms with van der Waals surface area (Å²) >= 11 is 0. The van der Waals surface area contributed by atoms with Gasteiger partial charge < -0.3 is 10.1 Å². The number of Topliss-reactive ketones (excluding diaryl/α,β-unsaturated/α-hetero) is 1. The summed E-state index contributed by atoms with van der Waals surface area (Å²) < 4.78 is 4.82. The summed E-state index contributed by atoms with van der Waals surface area (Å²) in [6.45, 7) is 5.07. The number of ether oxygens (including phenoxy) is 1. The van der Waals surface area contributed by atoms with Crippen LogP contribution in [0.15, 0.2) is 0 Å². The Morgan fingerprint density at radius 3 is 2.08 bits per heavy atom. The molecule has 0 fully saturated rings. The van der Waals surface area contributed by atoms with Crippen molar-refractivity contribution in [2.75, 3.05) is 7.05 Å². The number of nitrogens with one attached hydrogen (secondary N) is 1. The predicted octanol–water partition coefficient (Wildman–Crippen LogP) is 0.956. The molecule has 70 valence electrons. The number of carbonyl (C=O) groups is 2. The van der Waals surface area contributed by atoms with Crippen LogP contribution in [0.25, 0.3) is 0 Å². The molecule has 0 aliphatic carbocycles. The van der Waals surface area contributed by atoms with Gasteiger partial charge in [0.1, 0.15) is 0 Å². The van der Waals surface area contributed by atoms with Crippen LogP contribution in [-0.2, 0) is 9.53 Å². The summed E-state index contributed by atoms with van der Waals surface area (Å²) in [6, 6.07) is 0. The number of hydrogen-bond donors (Lipinski definition) is 1. The minimum absolute atomic E-state index is 0.0137. The molecule has 0 spiro atoms. The van der Waals surface area contributed by atoms with Crippen LogP contribution in [0.5, 0.6) is 0 Å². The first-order valence-corrected chi connectivity index (χ1v) is 3.87. The van der Waals surface area contributed by atoms with E-state index in [9.17, 15) is 9.59 Å². The lowest BCUT2D eigenvalue weighted by atomic mass is 10.0. The number of alkyl carbamates (subject to hydrolysis) is 1. The van der Waals surface area contributed by atoms with Gasteiger partial charge in [-0.05, 0) is 12.8 Å². The van der Waals surface area contributed by atoms with Crippen molar-refractivity contribution in [1.82, 2.24) is 5.32 Å². The van der Waals surface area contributed by atoms with Gasteiger partial charge in [0.25, 0.3) is 0 Å². The van der Waals surface area contributed by atoms with Gasteiger partial charge in [-0.3, -0.25) is 4.79 Å². The molecule has 1 N–H and O–H groups in total. The molecule has 12 heavy (non-hydrogen) atoms. The van der Waals surface area contributed by atoms with Crippen LogP contribution in [0.1, 0.15) is 20.8 Å². The fraction of sp³-hybridized carbons (Fsp3) is 0.750. The molecule has 4 heteroatoms. The number of rotatable bonds is 3. The molecule has 0 saturated heterocycles. The fourth-order valence-electron chi connectivity index (χ4n) is 0.863. The van der Waals surface area contributed by atoms with Crippen molar-refractivity contribution < 1.29 is 14.3 Å². The standard InChI is InChI=1S/C8H15NO3/c1-5(2)7(6(3)10)12-8(11)9-4/h5,7H,1-4H3,(H,9,11)/t7-/m0/s1. The van der Waals surface area contributed by atoms with Gasteiger partial charge >= 0.3 is 6.09 Å². The van der Waals surface area contributed by atoms with Gasteiger partial charge in [-0.15, -0.1) is 0 Å². The van der Waals surface area contributed by atoms with Crippen LogP contribution in [0.3, 0.4) is 0 Å². The van der Waals surface area contributed by atoms with E-state index in [1.807, 2.05) is 13.8 Å². The molecular formula is C8H15NO3. The maximum atomic E-state index is 10.9. The molecule has 0 aromatic heterocycles. The topological polar surface area (TPSA) is 55.4 Å². The molecule has 0 aliphatic rings. The van der Waals surface area contributed by atoms with E-state index in [-0.39, 0.29) is 11.7 Å². The molecular weight excluding hydrogens is 158 g/mol. The first-order valence-electron chi connectivity index (χ1n) is 3.87. The van der Waals surface area contributed by atoms with Gasteiger partial charge in [0.15, 0.2) is 11.9 Å². The summed E-state index contributed by atoms with van der Waals surface area (Å²) in [4.78, 5) is 21.7. The van der Waals surface area contributed by atoms with E-state index in [4.69, 9.17) is 4.74 Å². The Kier molecular flexibility index (Phi) is 4.33. The summed E-state index contributed by atoms with van der Waals surface area (Å²) in [5, 5.41) is 2.29. The van der Waals surface area contributed by atoms with Crippen molar-refractivity contribution in [2.45, 2.75) is 26.9 Å². The molecule has 1 atom stereocenters. The molecule has 0 unspecified atom stereocenters. The third-order valence-corrected chi connectivity index (χ3v) is 1.44. The monoisotopic (exact) mass is 173 g/mol. The molecule has 0 radical (unpaired) electrons. The highest BCUT2D eigenvalue weighted by molar-refractivity contribution is 5.83. The summed E-state index contributed by atoms with van der Waals surface area (Å²) in [7, 11) is 1.46. The van der Waals surface area contributed by atoms with Crippen molar-refractivity contribution >= 4 is 11.9 Å². The van der Waals surface area contributed by atoms with E-state index >= 15 is 0 Å². The molecule has 1 amide bonds. The number of amides is 1. The van der Waals surface area contributed by atoms with Crippen molar-refractivity contribution in [3.05, 3.63) is 0 Å². The highest BCUT2D eigenvalue weighted by atomic mass is 16.6. The van der Waals surface area contributed by atoms with E-state index in [2.05, 4.69) is 5.32 Å². The van der Waals surface area contributed by atoms with Crippen LogP contribution >= 0.6 is 0 Å². The largest absolute Gasteiger partial charge is 0.438 e. The van der Waals surface area contributed by atoms with Gasteiger partial charge in [-0.1, -0.05) is 13.8 Å². The van der Waals surface area contributed by atoms with Gasteiger partial charge in [-0.25, -0.2) is 4.79 Å². The third-order valence-electron chi connectivity index (χ3n) is 1.44. The highest BCUT2D eigenvalue weighted by Crippen LogP contribution is 2.07. The average molecular weight is 173 g/mol. The van der Waals surface area contributed by atoms with Crippen LogP contribution in [0.4, 0.5) is 4.79 Å². The van der Waals surface area contributed by atoms with Crippen molar-refractivity contribution in [3.63, 3.8) is 0 Å². The first-order chi connectivity index (χ1) is 5.49. The smallest absolute Gasteiger partial charge is 0.407 e. The molecule has 0 saturated carbocycles. The van der Waals surface area contributed by atoms with E-state index in [0.717, 1.165) is 0 Å². The Hall–Kier alpha value is -1.06. The summed E-state index contributed by atoms with van der Waals surface area (Å²) in [6.07, 6.45) is -1.20. The van der Waals surface area contributed by atoms with E-state index in [0.29, 0.717) is 0 Å². The Morgan fingerprint density at radius 2 is 1.83 bits per heavy atom. The maximum absolute atomic E-state index is 10.9. The normalized spacial score (nSPS) is 12.4. The Balaban J connectivity index is 4.14. The second-order valence-electron chi connectivity index (χ2n) is 2.93. The molecule has 0 aromatic carbocycles. The van der Waals surface area contributed by atoms with Crippen LogP contribution < -0.4 is 5.32 Å². The van der Waals surface area contributed by atoms with Gasteiger partial charge in [0.2, 0.25) is 0 Å². The van der Waals surface area contributed by atoms with Crippen LogP contribution in [-0.4, -0.2) is 25.0 Å². The molecule has 0 bridgehead atoms. The molecule has 0 heterocycles. The molecule has 0 rings (SSSR count). The second-order valence-corrected chi connectivity index (χ2v) is 2.93. The van der Waals surface area contributed by atoms with E-state index < -0.39 is 12.2 Å². The lowest BCUT2D eigenvalue weighted by Crippen LogP contribution is -2.34. The van der Waals surface area contributed by atoms with Crippen molar-refractivity contribution in [3.8, 4) is 0 Å². The summed E-state index contributed by atoms with van der Waals surface area (Å²) in [5.41, 5.74) is 0. The quantitative estimate of drug-likeness (QED) is 0.691. The van der Waals surface area contributed by atoms with Gasteiger partial charge in [0, 0.05) is 7.05 Å². The fourth-order valence-corrected chi connectivity index (χ4v) is 0.863. The number of ketones is 1. The second kappa shape index (κ2) is 4.74. The minimum atomic E-state index is -0.634. The Labute approximate surface area is 72.3 Å². The lowest BCUT2D eigenvalue weighted by molar-refractivity contribution is -0.127.